The third kappa shape index (κ3) is 8.30. The van der Waals surface area contributed by atoms with E-state index in [1.807, 2.05) is 18.2 Å². The molecule has 0 aliphatic heterocycles. The van der Waals surface area contributed by atoms with Gasteiger partial charge in [-0.05, 0) is 18.6 Å². The molecule has 1 nitrogen and oxygen atoms in total. The van der Waals surface area contributed by atoms with Gasteiger partial charge in [0.25, 0.3) is 0 Å². The van der Waals surface area contributed by atoms with Crippen LogP contribution in [0.4, 0.5) is 0 Å². The highest BCUT2D eigenvalue weighted by Crippen LogP contribution is 2.22. The van der Waals surface area contributed by atoms with Gasteiger partial charge in [-0.2, -0.15) is 0 Å². The molecule has 0 N–H and O–H groups in total. The van der Waals surface area contributed by atoms with Crippen molar-refractivity contribution in [3.05, 3.63) is 30.3 Å². The molecule has 1 aromatic rings. The van der Waals surface area contributed by atoms with Gasteiger partial charge in [-0.15, -0.1) is 0 Å². The second kappa shape index (κ2) is 11.9. The minimum Gasteiger partial charge on any atom is -0.359 e. The average Bonchev–Trinajstić information content (AvgIpc) is 2.49. The van der Waals surface area contributed by atoms with E-state index >= 15 is 0 Å². The van der Waals surface area contributed by atoms with Crippen LogP contribution in [0, 0.1) is 11.8 Å². The number of methoxy groups -OCH3 is 1. The summed E-state index contributed by atoms with van der Waals surface area (Å²) in [5.41, 5.74) is -0.0579. The van der Waals surface area contributed by atoms with Gasteiger partial charge >= 0.3 is 0 Å². The van der Waals surface area contributed by atoms with E-state index in [0.717, 1.165) is 6.42 Å². The van der Waals surface area contributed by atoms with Crippen molar-refractivity contribution in [2.45, 2.75) is 62.2 Å². The maximum Gasteiger partial charge on any atom is 0.168 e. The van der Waals surface area contributed by atoms with Crippen LogP contribution in [0.2, 0.25) is 0 Å². The van der Waals surface area contributed by atoms with Crippen LogP contribution in [-0.2, 0) is 4.74 Å². The summed E-state index contributed by atoms with van der Waals surface area (Å²) in [6.07, 6.45) is 8.90. The normalized spacial score (nSPS) is 11.7. The van der Waals surface area contributed by atoms with Gasteiger partial charge in [-0.3, -0.25) is 0 Å². The highest BCUT2D eigenvalue weighted by molar-refractivity contribution is 8.00. The van der Waals surface area contributed by atoms with E-state index in [2.05, 4.69) is 30.9 Å². The van der Waals surface area contributed by atoms with Crippen molar-refractivity contribution >= 4 is 11.8 Å². The van der Waals surface area contributed by atoms with Crippen LogP contribution < -0.4 is 0 Å². The van der Waals surface area contributed by atoms with Gasteiger partial charge in [-0.25, -0.2) is 0 Å². The van der Waals surface area contributed by atoms with E-state index in [1.165, 1.54) is 43.4 Å². The molecular weight excluding hydrogens is 264 g/mol. The van der Waals surface area contributed by atoms with Crippen LogP contribution in [0.5, 0.6) is 0 Å². The fraction of sp³-hybridized carbons (Fsp3) is 0.556. The molecule has 0 saturated carbocycles. The van der Waals surface area contributed by atoms with Crippen molar-refractivity contribution in [2.75, 3.05) is 7.11 Å². The first-order valence-corrected chi connectivity index (χ1v) is 8.47. The standard InChI is InChI=1S/C18H26OS/c1-3-4-5-6-7-8-9-13-16-18(19-2)20-17-14-11-10-12-15-17/h10-12,14-15,18H,3-9H2,1-2H3. The summed E-state index contributed by atoms with van der Waals surface area (Å²) < 4.78 is 5.40. The van der Waals surface area contributed by atoms with Gasteiger partial charge in [-0.1, -0.05) is 80.8 Å². The number of rotatable bonds is 9. The summed E-state index contributed by atoms with van der Waals surface area (Å²) >= 11 is 1.67. The van der Waals surface area contributed by atoms with E-state index in [0.29, 0.717) is 0 Å². The molecule has 0 amide bonds. The Hall–Kier alpha value is -0.910. The first-order chi connectivity index (χ1) is 9.86. The van der Waals surface area contributed by atoms with E-state index in [4.69, 9.17) is 4.74 Å². The maximum atomic E-state index is 5.40. The molecule has 0 spiro atoms. The van der Waals surface area contributed by atoms with E-state index < -0.39 is 0 Å². The molecule has 0 saturated heterocycles. The lowest BCUT2D eigenvalue weighted by molar-refractivity contribution is 0.214. The largest absolute Gasteiger partial charge is 0.359 e. The number of unbranched alkanes of at least 4 members (excludes halogenated alkanes) is 6. The number of hydrogen-bond donors (Lipinski definition) is 0. The Balaban J connectivity index is 2.19. The van der Waals surface area contributed by atoms with E-state index in [9.17, 15) is 0 Å². The van der Waals surface area contributed by atoms with Crippen LogP contribution in [0.15, 0.2) is 35.2 Å². The van der Waals surface area contributed by atoms with Gasteiger partial charge < -0.3 is 4.74 Å². The zero-order valence-electron chi connectivity index (χ0n) is 12.7. The number of ether oxygens (including phenoxy) is 1. The average molecular weight is 290 g/mol. The molecule has 1 rings (SSSR count). The van der Waals surface area contributed by atoms with Crippen LogP contribution in [0.3, 0.4) is 0 Å². The first-order valence-electron chi connectivity index (χ1n) is 7.59. The van der Waals surface area contributed by atoms with Crippen molar-refractivity contribution in [1.82, 2.24) is 0 Å². The summed E-state index contributed by atoms with van der Waals surface area (Å²) in [5, 5.41) is 0. The lowest BCUT2D eigenvalue weighted by Gasteiger charge is -2.07. The molecule has 1 aromatic carbocycles. The molecule has 0 heterocycles. The van der Waals surface area contributed by atoms with Crippen LogP contribution >= 0.6 is 11.8 Å². The molecule has 0 fully saturated rings. The van der Waals surface area contributed by atoms with Gasteiger partial charge in [0.1, 0.15) is 0 Å². The van der Waals surface area contributed by atoms with Crippen molar-refractivity contribution in [1.29, 1.82) is 0 Å². The Labute approximate surface area is 128 Å². The Morgan fingerprint density at radius 2 is 1.75 bits per heavy atom. The first kappa shape index (κ1) is 17.1. The fourth-order valence-electron chi connectivity index (χ4n) is 1.91. The topological polar surface area (TPSA) is 9.23 Å². The molecule has 1 atom stereocenters. The van der Waals surface area contributed by atoms with Gasteiger partial charge in [0.15, 0.2) is 5.44 Å². The number of hydrogen-bond acceptors (Lipinski definition) is 2. The molecule has 20 heavy (non-hydrogen) atoms. The highest BCUT2D eigenvalue weighted by Gasteiger charge is 2.04. The van der Waals surface area contributed by atoms with Gasteiger partial charge in [0, 0.05) is 18.4 Å². The number of thioether (sulfide) groups is 1. The van der Waals surface area contributed by atoms with Gasteiger partial charge in [0.05, 0.1) is 0 Å². The zero-order chi connectivity index (χ0) is 14.5. The molecule has 0 bridgehead atoms. The molecule has 110 valence electrons. The zero-order valence-corrected chi connectivity index (χ0v) is 13.5. The molecule has 0 radical (unpaired) electrons. The lowest BCUT2D eigenvalue weighted by Crippen LogP contribution is -2.01. The lowest BCUT2D eigenvalue weighted by atomic mass is 10.1. The monoisotopic (exact) mass is 290 g/mol. The van der Waals surface area contributed by atoms with E-state index in [-0.39, 0.29) is 5.44 Å². The molecular formula is C18H26OS. The smallest absolute Gasteiger partial charge is 0.168 e. The van der Waals surface area contributed by atoms with Crippen LogP contribution in [-0.4, -0.2) is 12.5 Å². The van der Waals surface area contributed by atoms with Crippen molar-refractivity contribution in [3.63, 3.8) is 0 Å². The summed E-state index contributed by atoms with van der Waals surface area (Å²) in [6.45, 7) is 2.25. The highest BCUT2D eigenvalue weighted by atomic mass is 32.2. The van der Waals surface area contributed by atoms with Crippen LogP contribution in [0.25, 0.3) is 0 Å². The van der Waals surface area contributed by atoms with Crippen LogP contribution in [0.1, 0.15) is 51.9 Å². The Morgan fingerprint density at radius 1 is 1.05 bits per heavy atom. The summed E-state index contributed by atoms with van der Waals surface area (Å²) in [5.74, 6) is 6.46. The fourth-order valence-corrected chi connectivity index (χ4v) is 2.71. The third-order valence-electron chi connectivity index (χ3n) is 3.08. The molecule has 0 aliphatic rings. The predicted molar refractivity (Wildman–Crippen MR) is 88.9 cm³/mol. The Kier molecular flexibility index (Phi) is 10.2. The molecule has 0 aliphatic carbocycles. The SMILES string of the molecule is CCCCCCCCC#CC(OC)Sc1ccccc1. The second-order valence-corrected chi connectivity index (χ2v) is 5.97. The summed E-state index contributed by atoms with van der Waals surface area (Å²) in [7, 11) is 1.72. The summed E-state index contributed by atoms with van der Waals surface area (Å²) in [6, 6.07) is 10.3. The summed E-state index contributed by atoms with van der Waals surface area (Å²) in [4.78, 5) is 1.20. The Morgan fingerprint density at radius 3 is 2.45 bits per heavy atom. The van der Waals surface area contributed by atoms with Gasteiger partial charge in [0.2, 0.25) is 0 Å². The number of benzene rings is 1. The third-order valence-corrected chi connectivity index (χ3v) is 4.14. The molecule has 2 heteroatoms. The minimum atomic E-state index is -0.0579. The molecule has 0 aromatic heterocycles. The van der Waals surface area contributed by atoms with E-state index in [1.54, 1.807) is 18.9 Å². The minimum absolute atomic E-state index is 0.0579. The van der Waals surface area contributed by atoms with Crippen molar-refractivity contribution in [3.8, 4) is 11.8 Å². The van der Waals surface area contributed by atoms with Crippen molar-refractivity contribution < 1.29 is 4.74 Å². The Bertz CT molecular complexity index is 391. The predicted octanol–water partition coefficient (Wildman–Crippen LogP) is 5.51. The van der Waals surface area contributed by atoms with Crippen molar-refractivity contribution in [2.24, 2.45) is 0 Å². The second-order valence-electron chi connectivity index (χ2n) is 4.84. The quantitative estimate of drug-likeness (QED) is 0.257. The molecule has 1 unspecified atom stereocenters. The maximum absolute atomic E-state index is 5.40.